The normalized spacial score (nSPS) is 23.5. The summed E-state index contributed by atoms with van der Waals surface area (Å²) in [6, 6.07) is 26.5. The van der Waals surface area contributed by atoms with E-state index in [2.05, 4.69) is 26.6 Å². The van der Waals surface area contributed by atoms with Crippen LogP contribution in [-0.2, 0) is 15.3 Å². The molecule has 1 unspecified atom stereocenters. The van der Waals surface area contributed by atoms with Gasteiger partial charge in [-0.2, -0.15) is 0 Å². The van der Waals surface area contributed by atoms with Crippen molar-refractivity contribution < 1.29 is 14.3 Å². The van der Waals surface area contributed by atoms with Gasteiger partial charge in [0, 0.05) is 10.0 Å². The van der Waals surface area contributed by atoms with E-state index in [1.165, 1.54) is 0 Å². The number of urea groups is 1. The number of amides is 2. The Morgan fingerprint density at radius 3 is 2.30 bits per heavy atom. The highest BCUT2D eigenvalue weighted by Crippen LogP contribution is 2.39. The molecule has 0 radical (unpaired) electrons. The number of carbonyl (C=O) groups is 1. The lowest BCUT2D eigenvalue weighted by molar-refractivity contribution is -0.303. The van der Waals surface area contributed by atoms with Crippen LogP contribution in [0, 0.1) is 0 Å². The van der Waals surface area contributed by atoms with Crippen LogP contribution in [0.25, 0.3) is 0 Å². The topological polar surface area (TPSA) is 59.6 Å². The van der Waals surface area contributed by atoms with Gasteiger partial charge in [0.05, 0.1) is 18.3 Å². The van der Waals surface area contributed by atoms with Gasteiger partial charge in [0.1, 0.15) is 6.10 Å². The van der Waals surface area contributed by atoms with E-state index in [1.54, 1.807) is 0 Å². The number of rotatable bonds is 4. The molecule has 30 heavy (non-hydrogen) atoms. The summed E-state index contributed by atoms with van der Waals surface area (Å²) in [6.07, 6.45) is -0.366. The van der Waals surface area contributed by atoms with Crippen LogP contribution in [0.2, 0.25) is 0 Å². The molecule has 3 aromatic rings. The predicted molar refractivity (Wildman–Crippen MR) is 120 cm³/mol. The molecular weight excluding hydrogens is 444 g/mol. The minimum Gasteiger partial charge on any atom is -0.344 e. The van der Waals surface area contributed by atoms with E-state index >= 15 is 0 Å². The van der Waals surface area contributed by atoms with Gasteiger partial charge >= 0.3 is 6.03 Å². The molecule has 2 amide bonds. The number of halogens is 1. The summed E-state index contributed by atoms with van der Waals surface area (Å²) < 4.78 is 13.4. The van der Waals surface area contributed by atoms with Gasteiger partial charge in [-0.25, -0.2) is 4.79 Å². The molecule has 0 saturated carbocycles. The molecule has 1 heterocycles. The lowest BCUT2D eigenvalue weighted by atomic mass is 9.98. The molecule has 6 heteroatoms. The molecule has 1 saturated heterocycles. The molecule has 0 spiro atoms. The molecule has 0 bridgehead atoms. The van der Waals surface area contributed by atoms with Crippen molar-refractivity contribution in [2.24, 2.45) is 0 Å². The van der Waals surface area contributed by atoms with E-state index in [1.807, 2.05) is 91.9 Å². The molecular formula is C24H23BrN2O3. The lowest BCUT2D eigenvalue weighted by Gasteiger charge is -2.43. The van der Waals surface area contributed by atoms with Crippen molar-refractivity contribution in [2.45, 2.75) is 24.9 Å². The maximum atomic E-state index is 12.7. The van der Waals surface area contributed by atoms with Crippen LogP contribution in [0.5, 0.6) is 0 Å². The van der Waals surface area contributed by atoms with Crippen LogP contribution in [0.4, 0.5) is 10.5 Å². The third-order valence-corrected chi connectivity index (χ3v) is 5.81. The second-order valence-electron chi connectivity index (χ2n) is 7.26. The van der Waals surface area contributed by atoms with Crippen molar-refractivity contribution in [3.05, 3.63) is 101 Å². The Kier molecular flexibility index (Phi) is 6.18. The average Bonchev–Trinajstić information content (AvgIpc) is 2.78. The highest BCUT2D eigenvalue weighted by Gasteiger charge is 2.42. The Bertz CT molecular complexity index is 1000. The van der Waals surface area contributed by atoms with Crippen molar-refractivity contribution in [2.75, 3.05) is 11.9 Å². The first-order chi connectivity index (χ1) is 14.5. The summed E-state index contributed by atoms with van der Waals surface area (Å²) in [7, 11) is 0. The molecule has 5 nitrogen and oxygen atoms in total. The quantitative estimate of drug-likeness (QED) is 0.525. The van der Waals surface area contributed by atoms with Crippen LogP contribution in [-0.4, -0.2) is 18.7 Å². The number of para-hydroxylation sites is 1. The maximum Gasteiger partial charge on any atom is 0.319 e. The Hall–Kier alpha value is -2.67. The molecule has 1 aliphatic rings. The molecule has 154 valence electrons. The molecule has 1 fully saturated rings. The zero-order valence-electron chi connectivity index (χ0n) is 16.5. The van der Waals surface area contributed by atoms with Crippen molar-refractivity contribution in [3.63, 3.8) is 0 Å². The molecule has 4 rings (SSSR count). The monoisotopic (exact) mass is 466 g/mol. The molecule has 0 aromatic heterocycles. The van der Waals surface area contributed by atoms with Crippen molar-refractivity contribution in [1.82, 2.24) is 5.32 Å². The first-order valence-corrected chi connectivity index (χ1v) is 10.6. The van der Waals surface area contributed by atoms with Crippen molar-refractivity contribution in [1.29, 1.82) is 0 Å². The highest BCUT2D eigenvalue weighted by atomic mass is 79.9. The number of nitrogens with one attached hydrogen (secondary N) is 2. The lowest BCUT2D eigenvalue weighted by Crippen LogP contribution is -2.52. The fraction of sp³-hybridized carbons (Fsp3) is 0.208. The third-order valence-electron chi connectivity index (χ3n) is 5.12. The maximum absolute atomic E-state index is 12.7. The summed E-state index contributed by atoms with van der Waals surface area (Å²) >= 11 is 3.45. The van der Waals surface area contributed by atoms with Crippen LogP contribution in [0.1, 0.15) is 24.2 Å². The smallest absolute Gasteiger partial charge is 0.319 e. The van der Waals surface area contributed by atoms with E-state index in [9.17, 15) is 4.79 Å². The van der Waals surface area contributed by atoms with Crippen molar-refractivity contribution in [3.8, 4) is 0 Å². The minimum absolute atomic E-state index is 0.314. The van der Waals surface area contributed by atoms with Crippen LogP contribution >= 0.6 is 15.9 Å². The van der Waals surface area contributed by atoms with Crippen LogP contribution < -0.4 is 10.6 Å². The first kappa shape index (κ1) is 20.6. The number of ether oxygens (including phenoxy) is 2. The zero-order chi connectivity index (χ0) is 21.0. The second kappa shape index (κ2) is 9.00. The van der Waals surface area contributed by atoms with Gasteiger partial charge < -0.3 is 20.1 Å². The number of anilines is 1. The summed E-state index contributed by atoms with van der Waals surface area (Å²) in [5.74, 6) is -0.904. The SMILES string of the molecule is CC1(c2ccccc2)OC[C@H](NC(=O)Nc2ccccc2Br)[C@@H](c2ccccc2)O1. The molecule has 2 N–H and O–H groups in total. The van der Waals surface area contributed by atoms with Gasteiger partial charge in [-0.05, 0) is 40.5 Å². The Morgan fingerprint density at radius 2 is 1.60 bits per heavy atom. The number of carbonyl (C=O) groups excluding carboxylic acids is 1. The highest BCUT2D eigenvalue weighted by molar-refractivity contribution is 9.10. The minimum atomic E-state index is -0.904. The Labute approximate surface area is 184 Å². The molecule has 3 atom stereocenters. The molecule has 3 aromatic carbocycles. The zero-order valence-corrected chi connectivity index (χ0v) is 18.1. The molecule has 0 aliphatic carbocycles. The average molecular weight is 467 g/mol. The van der Waals surface area contributed by atoms with E-state index < -0.39 is 5.79 Å². The van der Waals surface area contributed by atoms with Crippen molar-refractivity contribution >= 4 is 27.6 Å². The predicted octanol–water partition coefficient (Wildman–Crippen LogP) is 5.60. The van der Waals surface area contributed by atoms with Gasteiger partial charge in [-0.15, -0.1) is 0 Å². The first-order valence-electron chi connectivity index (χ1n) is 9.79. The van der Waals surface area contributed by atoms with Gasteiger partial charge in [0.15, 0.2) is 5.79 Å². The standard InChI is InChI=1S/C24H23BrN2O3/c1-24(18-12-6-3-7-13-18)29-16-21(22(30-24)17-10-4-2-5-11-17)27-23(28)26-20-15-9-8-14-19(20)25/h2-15,21-22H,16H2,1H3,(H2,26,27,28)/t21-,22+,24?/m0/s1. The fourth-order valence-electron chi connectivity index (χ4n) is 3.54. The van der Waals surface area contributed by atoms with E-state index in [0.717, 1.165) is 15.6 Å². The van der Waals surface area contributed by atoms with Crippen LogP contribution in [0.3, 0.4) is 0 Å². The van der Waals surface area contributed by atoms with E-state index in [0.29, 0.717) is 12.3 Å². The van der Waals surface area contributed by atoms with Gasteiger partial charge in [-0.3, -0.25) is 0 Å². The van der Waals surface area contributed by atoms with Crippen LogP contribution in [0.15, 0.2) is 89.4 Å². The van der Waals surface area contributed by atoms with Gasteiger partial charge in [0.2, 0.25) is 0 Å². The van der Waals surface area contributed by atoms with Gasteiger partial charge in [-0.1, -0.05) is 72.8 Å². The second-order valence-corrected chi connectivity index (χ2v) is 8.11. The summed E-state index contributed by atoms with van der Waals surface area (Å²) in [5, 5.41) is 5.89. The molecule has 1 aliphatic heterocycles. The van der Waals surface area contributed by atoms with E-state index in [4.69, 9.17) is 9.47 Å². The van der Waals surface area contributed by atoms with E-state index in [-0.39, 0.29) is 18.2 Å². The Balaban J connectivity index is 1.55. The largest absolute Gasteiger partial charge is 0.344 e. The third kappa shape index (κ3) is 4.56. The summed E-state index contributed by atoms with van der Waals surface area (Å²) in [6.45, 7) is 2.23. The summed E-state index contributed by atoms with van der Waals surface area (Å²) in [4.78, 5) is 12.7. The Morgan fingerprint density at radius 1 is 0.967 bits per heavy atom. The number of hydrogen-bond donors (Lipinski definition) is 2. The number of hydrogen-bond acceptors (Lipinski definition) is 3. The summed E-state index contributed by atoms with van der Waals surface area (Å²) in [5.41, 5.74) is 2.61. The fourth-order valence-corrected chi connectivity index (χ4v) is 3.92. The van der Waals surface area contributed by atoms with Gasteiger partial charge in [0.25, 0.3) is 0 Å². The number of benzene rings is 3.